The molecule has 4 rings (SSSR count). The zero-order valence-corrected chi connectivity index (χ0v) is 16.9. The summed E-state index contributed by atoms with van der Waals surface area (Å²) in [6.07, 6.45) is 3.18. The highest BCUT2D eigenvalue weighted by Gasteiger charge is 2.32. The first-order valence-electron chi connectivity index (χ1n) is 9.41. The number of nitrogens with zero attached hydrogens (tertiary/aromatic N) is 1. The van der Waals surface area contributed by atoms with Crippen LogP contribution in [0.2, 0.25) is 5.02 Å². The van der Waals surface area contributed by atoms with Crippen molar-refractivity contribution in [3.05, 3.63) is 95.2 Å². The van der Waals surface area contributed by atoms with Crippen LogP contribution >= 0.6 is 11.6 Å². The molecule has 0 aromatic heterocycles. The lowest BCUT2D eigenvalue weighted by molar-refractivity contribution is -0.122. The maximum atomic E-state index is 12.6. The number of benzene rings is 3. The van der Waals surface area contributed by atoms with Gasteiger partial charge in [-0.25, -0.2) is 4.79 Å². The fourth-order valence-corrected chi connectivity index (χ4v) is 3.43. The standard InChI is InChI=1S/C24H19ClN2O3/c1-2-13-27-23(28)21(26-24(27)29)14-20-19-6-4-3-5-17(19)9-12-22(20)30-15-16-7-10-18(25)11-8-16/h2-12,14H,1,13,15H2,(H,26,29)/b21-14+. The SMILES string of the molecule is C=CCN1C(=O)N/C(=C/c2c(OCc3ccc(Cl)cc3)ccc3ccccc23)C1=O. The van der Waals surface area contributed by atoms with Crippen LogP contribution in [0.4, 0.5) is 4.79 Å². The van der Waals surface area contributed by atoms with E-state index in [1.54, 1.807) is 6.08 Å². The second kappa shape index (κ2) is 8.43. The number of nitrogens with one attached hydrogen (secondary N) is 1. The van der Waals surface area contributed by atoms with E-state index in [-0.39, 0.29) is 12.2 Å². The summed E-state index contributed by atoms with van der Waals surface area (Å²) in [5.74, 6) is 0.219. The third-order valence-corrected chi connectivity index (χ3v) is 5.05. The summed E-state index contributed by atoms with van der Waals surface area (Å²) >= 11 is 5.95. The predicted molar refractivity (Wildman–Crippen MR) is 118 cm³/mol. The Kier molecular flexibility index (Phi) is 5.55. The second-order valence-corrected chi connectivity index (χ2v) is 7.24. The highest BCUT2D eigenvalue weighted by molar-refractivity contribution is 6.30. The smallest absolute Gasteiger partial charge is 0.329 e. The van der Waals surface area contributed by atoms with Crippen LogP contribution in [0, 0.1) is 0 Å². The van der Waals surface area contributed by atoms with E-state index in [4.69, 9.17) is 16.3 Å². The maximum absolute atomic E-state index is 12.6. The third-order valence-electron chi connectivity index (χ3n) is 4.80. The Morgan fingerprint density at radius 3 is 2.57 bits per heavy atom. The average Bonchev–Trinajstić information content (AvgIpc) is 3.02. The van der Waals surface area contributed by atoms with Crippen LogP contribution in [0.15, 0.2) is 79.0 Å². The predicted octanol–water partition coefficient (Wildman–Crippen LogP) is 5.15. The van der Waals surface area contributed by atoms with Crippen LogP contribution in [-0.2, 0) is 11.4 Å². The summed E-state index contributed by atoms with van der Waals surface area (Å²) in [4.78, 5) is 25.9. The summed E-state index contributed by atoms with van der Waals surface area (Å²) in [7, 11) is 0. The number of carbonyl (C=O) groups excluding carboxylic acids is 2. The molecule has 6 heteroatoms. The third kappa shape index (κ3) is 3.93. The number of carbonyl (C=O) groups is 2. The van der Waals surface area contributed by atoms with Gasteiger partial charge < -0.3 is 10.1 Å². The van der Waals surface area contributed by atoms with E-state index in [9.17, 15) is 9.59 Å². The van der Waals surface area contributed by atoms with E-state index in [2.05, 4.69) is 11.9 Å². The highest BCUT2D eigenvalue weighted by atomic mass is 35.5. The molecule has 1 aliphatic heterocycles. The normalized spacial score (nSPS) is 15.0. The van der Waals surface area contributed by atoms with Gasteiger partial charge >= 0.3 is 6.03 Å². The lowest BCUT2D eigenvalue weighted by atomic mass is 10.0. The Labute approximate surface area is 179 Å². The molecule has 30 heavy (non-hydrogen) atoms. The van der Waals surface area contributed by atoms with Crippen molar-refractivity contribution in [2.45, 2.75) is 6.61 Å². The summed E-state index contributed by atoms with van der Waals surface area (Å²) in [6.45, 7) is 4.09. The van der Waals surface area contributed by atoms with Crippen molar-refractivity contribution in [1.29, 1.82) is 0 Å². The number of hydrogen-bond acceptors (Lipinski definition) is 3. The zero-order chi connectivity index (χ0) is 21.1. The number of rotatable bonds is 6. The van der Waals surface area contributed by atoms with Crippen molar-refractivity contribution in [3.8, 4) is 5.75 Å². The van der Waals surface area contributed by atoms with Crippen molar-refractivity contribution in [3.63, 3.8) is 0 Å². The zero-order valence-electron chi connectivity index (χ0n) is 16.1. The Hall–Kier alpha value is -3.57. The molecule has 0 bridgehead atoms. The summed E-state index contributed by atoms with van der Waals surface area (Å²) in [5.41, 5.74) is 1.90. The Morgan fingerprint density at radius 2 is 1.80 bits per heavy atom. The lowest BCUT2D eigenvalue weighted by Gasteiger charge is -2.13. The van der Waals surface area contributed by atoms with Crippen LogP contribution in [0.5, 0.6) is 5.75 Å². The van der Waals surface area contributed by atoms with E-state index in [1.165, 1.54) is 6.08 Å². The fourth-order valence-electron chi connectivity index (χ4n) is 3.30. The van der Waals surface area contributed by atoms with E-state index in [0.29, 0.717) is 17.4 Å². The first-order valence-corrected chi connectivity index (χ1v) is 9.79. The van der Waals surface area contributed by atoms with Crippen LogP contribution in [0.1, 0.15) is 11.1 Å². The monoisotopic (exact) mass is 418 g/mol. The van der Waals surface area contributed by atoms with Gasteiger partial charge in [0.05, 0.1) is 0 Å². The molecule has 0 radical (unpaired) electrons. The minimum absolute atomic E-state index is 0.150. The van der Waals surface area contributed by atoms with Gasteiger partial charge in [0.2, 0.25) is 0 Å². The van der Waals surface area contributed by atoms with Gasteiger partial charge in [-0.1, -0.05) is 60.1 Å². The Bertz CT molecular complexity index is 1170. The van der Waals surface area contributed by atoms with Gasteiger partial charge in [0.15, 0.2) is 0 Å². The topological polar surface area (TPSA) is 58.6 Å². The van der Waals surface area contributed by atoms with Crippen molar-refractivity contribution in [2.24, 2.45) is 0 Å². The molecule has 1 aliphatic rings. The molecule has 0 aliphatic carbocycles. The maximum Gasteiger partial charge on any atom is 0.329 e. The molecule has 150 valence electrons. The van der Waals surface area contributed by atoms with Gasteiger partial charge in [0, 0.05) is 17.1 Å². The molecule has 3 aromatic rings. The lowest BCUT2D eigenvalue weighted by Crippen LogP contribution is -2.30. The average molecular weight is 419 g/mol. The van der Waals surface area contributed by atoms with E-state index >= 15 is 0 Å². The van der Waals surface area contributed by atoms with E-state index in [0.717, 1.165) is 26.8 Å². The van der Waals surface area contributed by atoms with Gasteiger partial charge in [-0.05, 0) is 40.6 Å². The molecule has 0 spiro atoms. The van der Waals surface area contributed by atoms with Crippen LogP contribution < -0.4 is 10.1 Å². The quantitative estimate of drug-likeness (QED) is 0.342. The largest absolute Gasteiger partial charge is 0.488 e. The number of hydrogen-bond donors (Lipinski definition) is 1. The number of amides is 3. The van der Waals surface area contributed by atoms with Crippen LogP contribution in [-0.4, -0.2) is 23.4 Å². The number of halogens is 1. The molecular weight excluding hydrogens is 400 g/mol. The Balaban J connectivity index is 1.72. The van der Waals surface area contributed by atoms with Crippen molar-refractivity contribution in [1.82, 2.24) is 10.2 Å². The molecule has 0 atom stereocenters. The van der Waals surface area contributed by atoms with Gasteiger partial charge in [0.25, 0.3) is 5.91 Å². The first-order chi connectivity index (χ1) is 14.6. The number of imide groups is 1. The number of urea groups is 1. The van der Waals surface area contributed by atoms with Gasteiger partial charge in [0.1, 0.15) is 18.1 Å². The van der Waals surface area contributed by atoms with Crippen molar-refractivity contribution < 1.29 is 14.3 Å². The molecular formula is C24H19ClN2O3. The van der Waals surface area contributed by atoms with Crippen LogP contribution in [0.25, 0.3) is 16.8 Å². The van der Waals surface area contributed by atoms with Gasteiger partial charge in [-0.3, -0.25) is 9.69 Å². The molecule has 3 amide bonds. The van der Waals surface area contributed by atoms with E-state index in [1.807, 2.05) is 60.7 Å². The Morgan fingerprint density at radius 1 is 1.03 bits per heavy atom. The summed E-state index contributed by atoms with van der Waals surface area (Å²) < 4.78 is 6.08. The number of ether oxygens (including phenoxy) is 1. The van der Waals surface area contributed by atoms with Crippen molar-refractivity contribution in [2.75, 3.05) is 6.54 Å². The molecule has 5 nitrogen and oxygen atoms in total. The van der Waals surface area contributed by atoms with Crippen LogP contribution in [0.3, 0.4) is 0 Å². The minimum atomic E-state index is -0.463. The number of fused-ring (bicyclic) bond motifs is 1. The summed E-state index contributed by atoms with van der Waals surface area (Å²) in [6, 6.07) is 18.6. The molecule has 0 unspecified atom stereocenters. The summed E-state index contributed by atoms with van der Waals surface area (Å²) in [5, 5.41) is 5.22. The molecule has 0 saturated carbocycles. The first kappa shape index (κ1) is 19.7. The molecule has 1 saturated heterocycles. The molecule has 3 aromatic carbocycles. The fraction of sp³-hybridized carbons (Fsp3) is 0.0833. The molecule has 1 heterocycles. The molecule has 1 fully saturated rings. The highest BCUT2D eigenvalue weighted by Crippen LogP contribution is 2.31. The minimum Gasteiger partial charge on any atom is -0.488 e. The molecule has 1 N–H and O–H groups in total. The van der Waals surface area contributed by atoms with E-state index < -0.39 is 11.9 Å². The van der Waals surface area contributed by atoms with Gasteiger partial charge in [-0.15, -0.1) is 6.58 Å². The van der Waals surface area contributed by atoms with Gasteiger partial charge in [-0.2, -0.15) is 0 Å². The van der Waals surface area contributed by atoms with Crippen molar-refractivity contribution >= 4 is 40.4 Å². The second-order valence-electron chi connectivity index (χ2n) is 6.81.